The van der Waals surface area contributed by atoms with E-state index < -0.39 is 0 Å². The minimum absolute atomic E-state index is 0.327. The van der Waals surface area contributed by atoms with Crippen molar-refractivity contribution in [3.8, 4) is 11.3 Å². The van der Waals surface area contributed by atoms with Crippen molar-refractivity contribution < 1.29 is 0 Å². The Balaban J connectivity index is 2.04. The molecule has 0 spiro atoms. The van der Waals surface area contributed by atoms with Crippen molar-refractivity contribution in [2.24, 2.45) is 5.41 Å². The Hall–Kier alpha value is -1.84. The standard InChI is InChI=1S/C15H20N4/c1-15(2)6-3-4-13(15)19-10-17-9-12(19)11-5-7-18-14(16)8-11/h5,7-10,13H,3-4,6H2,1-2H3,(H2,16,18). The molecule has 1 unspecified atom stereocenters. The minimum Gasteiger partial charge on any atom is -0.384 e. The highest BCUT2D eigenvalue weighted by Crippen LogP contribution is 2.47. The van der Waals surface area contributed by atoms with Gasteiger partial charge in [0.05, 0.1) is 18.2 Å². The molecule has 2 aromatic heterocycles. The molecule has 4 heteroatoms. The second-order valence-electron chi connectivity index (χ2n) is 6.05. The van der Waals surface area contributed by atoms with Crippen molar-refractivity contribution in [1.82, 2.24) is 14.5 Å². The summed E-state index contributed by atoms with van der Waals surface area (Å²) in [5.41, 5.74) is 8.33. The molecule has 1 fully saturated rings. The van der Waals surface area contributed by atoms with Gasteiger partial charge >= 0.3 is 0 Å². The molecule has 1 aliphatic carbocycles. The first-order valence-electron chi connectivity index (χ1n) is 6.82. The van der Waals surface area contributed by atoms with Gasteiger partial charge < -0.3 is 10.3 Å². The Morgan fingerprint density at radius 3 is 2.95 bits per heavy atom. The Bertz CT molecular complexity index is 585. The molecule has 0 aromatic carbocycles. The zero-order chi connectivity index (χ0) is 13.5. The lowest BCUT2D eigenvalue weighted by Gasteiger charge is -2.29. The van der Waals surface area contributed by atoms with Gasteiger partial charge in [-0.15, -0.1) is 0 Å². The number of rotatable bonds is 2. The van der Waals surface area contributed by atoms with Crippen LogP contribution in [0.5, 0.6) is 0 Å². The highest BCUT2D eigenvalue weighted by molar-refractivity contribution is 5.62. The van der Waals surface area contributed by atoms with E-state index in [0.29, 0.717) is 17.3 Å². The number of aromatic nitrogens is 3. The van der Waals surface area contributed by atoms with Crippen LogP contribution >= 0.6 is 0 Å². The Morgan fingerprint density at radius 1 is 1.42 bits per heavy atom. The summed E-state index contributed by atoms with van der Waals surface area (Å²) < 4.78 is 2.31. The number of pyridine rings is 1. The molecule has 0 amide bonds. The Kier molecular flexibility index (Phi) is 2.81. The fourth-order valence-corrected chi connectivity index (χ4v) is 3.21. The minimum atomic E-state index is 0.327. The van der Waals surface area contributed by atoms with Gasteiger partial charge in [-0.1, -0.05) is 20.3 Å². The van der Waals surface area contributed by atoms with Crippen LogP contribution < -0.4 is 5.73 Å². The predicted octanol–water partition coefficient (Wildman–Crippen LogP) is 3.28. The van der Waals surface area contributed by atoms with Crippen molar-refractivity contribution in [3.63, 3.8) is 0 Å². The van der Waals surface area contributed by atoms with E-state index >= 15 is 0 Å². The highest BCUT2D eigenvalue weighted by atomic mass is 15.1. The van der Waals surface area contributed by atoms with E-state index in [1.807, 2.05) is 24.7 Å². The van der Waals surface area contributed by atoms with Crippen LogP contribution in [0.25, 0.3) is 11.3 Å². The smallest absolute Gasteiger partial charge is 0.123 e. The van der Waals surface area contributed by atoms with E-state index in [1.165, 1.54) is 19.3 Å². The van der Waals surface area contributed by atoms with Gasteiger partial charge in [-0.25, -0.2) is 9.97 Å². The number of imidazole rings is 1. The summed E-state index contributed by atoms with van der Waals surface area (Å²) in [6, 6.07) is 4.42. The molecule has 2 N–H and O–H groups in total. The van der Waals surface area contributed by atoms with Crippen molar-refractivity contribution in [1.29, 1.82) is 0 Å². The van der Waals surface area contributed by atoms with Crippen LogP contribution in [0.2, 0.25) is 0 Å². The number of hydrogen-bond donors (Lipinski definition) is 1. The summed E-state index contributed by atoms with van der Waals surface area (Å²) >= 11 is 0. The summed E-state index contributed by atoms with van der Waals surface area (Å²) in [4.78, 5) is 8.39. The molecule has 1 atom stereocenters. The maximum Gasteiger partial charge on any atom is 0.123 e. The first-order chi connectivity index (χ1) is 9.08. The predicted molar refractivity (Wildman–Crippen MR) is 76.5 cm³/mol. The first-order valence-corrected chi connectivity index (χ1v) is 6.82. The van der Waals surface area contributed by atoms with Crippen LogP contribution in [-0.2, 0) is 0 Å². The largest absolute Gasteiger partial charge is 0.384 e. The molecule has 0 saturated heterocycles. The van der Waals surface area contributed by atoms with Gasteiger partial charge in [-0.2, -0.15) is 0 Å². The number of nitrogens with zero attached hydrogens (tertiary/aromatic N) is 3. The van der Waals surface area contributed by atoms with Crippen LogP contribution in [0.4, 0.5) is 5.82 Å². The Morgan fingerprint density at radius 2 is 2.26 bits per heavy atom. The van der Waals surface area contributed by atoms with Gasteiger partial charge in [0.1, 0.15) is 5.82 Å². The fraction of sp³-hybridized carbons (Fsp3) is 0.467. The SMILES string of the molecule is CC1(C)CCCC1n1cncc1-c1ccnc(N)c1. The van der Waals surface area contributed by atoms with Gasteiger partial charge in [0.15, 0.2) is 0 Å². The van der Waals surface area contributed by atoms with E-state index in [0.717, 1.165) is 11.3 Å². The van der Waals surface area contributed by atoms with Crippen molar-refractivity contribution in [2.45, 2.75) is 39.2 Å². The monoisotopic (exact) mass is 256 g/mol. The quantitative estimate of drug-likeness (QED) is 0.897. The molecule has 2 aromatic rings. The second kappa shape index (κ2) is 4.37. The van der Waals surface area contributed by atoms with Gasteiger partial charge in [0.25, 0.3) is 0 Å². The zero-order valence-corrected chi connectivity index (χ0v) is 11.5. The average molecular weight is 256 g/mol. The number of anilines is 1. The molecule has 1 saturated carbocycles. The third-order valence-corrected chi connectivity index (χ3v) is 4.28. The molecule has 2 heterocycles. The summed E-state index contributed by atoms with van der Waals surface area (Å²) in [7, 11) is 0. The number of hydrogen-bond acceptors (Lipinski definition) is 3. The zero-order valence-electron chi connectivity index (χ0n) is 11.5. The maximum atomic E-state index is 5.78. The van der Waals surface area contributed by atoms with E-state index in [2.05, 4.69) is 28.4 Å². The summed E-state index contributed by atoms with van der Waals surface area (Å²) in [6.45, 7) is 4.69. The summed E-state index contributed by atoms with van der Waals surface area (Å²) in [5, 5.41) is 0. The molecule has 1 aliphatic rings. The van der Waals surface area contributed by atoms with Gasteiger partial charge in [-0.3, -0.25) is 0 Å². The van der Waals surface area contributed by atoms with Crippen molar-refractivity contribution in [2.75, 3.05) is 5.73 Å². The molecular weight excluding hydrogens is 236 g/mol. The van der Waals surface area contributed by atoms with Gasteiger partial charge in [-0.05, 0) is 30.4 Å². The average Bonchev–Trinajstić information content (AvgIpc) is 2.94. The molecule has 4 nitrogen and oxygen atoms in total. The first kappa shape index (κ1) is 12.2. The molecule has 0 aliphatic heterocycles. The lowest BCUT2D eigenvalue weighted by molar-refractivity contribution is 0.262. The van der Waals surface area contributed by atoms with E-state index in [-0.39, 0.29) is 0 Å². The van der Waals surface area contributed by atoms with Crippen molar-refractivity contribution >= 4 is 5.82 Å². The van der Waals surface area contributed by atoms with Crippen LogP contribution in [0.15, 0.2) is 30.9 Å². The lowest BCUT2D eigenvalue weighted by Crippen LogP contribution is -2.21. The van der Waals surface area contributed by atoms with E-state index in [1.54, 1.807) is 6.20 Å². The number of nitrogens with two attached hydrogens (primary N) is 1. The second-order valence-corrected chi connectivity index (χ2v) is 6.05. The highest BCUT2D eigenvalue weighted by Gasteiger charge is 2.36. The molecule has 19 heavy (non-hydrogen) atoms. The lowest BCUT2D eigenvalue weighted by atomic mass is 9.87. The third-order valence-electron chi connectivity index (χ3n) is 4.28. The molecule has 0 bridgehead atoms. The van der Waals surface area contributed by atoms with Gasteiger partial charge in [0, 0.05) is 17.8 Å². The van der Waals surface area contributed by atoms with Crippen LogP contribution in [0.3, 0.4) is 0 Å². The van der Waals surface area contributed by atoms with Crippen LogP contribution in [0.1, 0.15) is 39.2 Å². The normalized spacial score (nSPS) is 21.7. The summed E-state index contributed by atoms with van der Waals surface area (Å²) in [6.07, 6.45) is 9.40. The number of nitrogen functional groups attached to an aromatic ring is 1. The Labute approximate surface area is 113 Å². The van der Waals surface area contributed by atoms with E-state index in [9.17, 15) is 0 Å². The van der Waals surface area contributed by atoms with Crippen molar-refractivity contribution in [3.05, 3.63) is 30.9 Å². The summed E-state index contributed by atoms with van der Waals surface area (Å²) in [5.74, 6) is 0.552. The van der Waals surface area contributed by atoms with E-state index in [4.69, 9.17) is 5.73 Å². The van der Waals surface area contributed by atoms with Crippen LogP contribution in [-0.4, -0.2) is 14.5 Å². The molecule has 3 rings (SSSR count). The third kappa shape index (κ3) is 2.11. The molecular formula is C15H20N4. The maximum absolute atomic E-state index is 5.78. The molecule has 100 valence electrons. The van der Waals surface area contributed by atoms with Gasteiger partial charge in [0.2, 0.25) is 0 Å². The molecule has 0 radical (unpaired) electrons. The fourth-order valence-electron chi connectivity index (χ4n) is 3.21. The topological polar surface area (TPSA) is 56.7 Å². The van der Waals surface area contributed by atoms with Crippen LogP contribution in [0, 0.1) is 5.41 Å².